The summed E-state index contributed by atoms with van der Waals surface area (Å²) in [5.74, 6) is -1.57. The van der Waals surface area contributed by atoms with Crippen molar-refractivity contribution in [3.05, 3.63) is 90.5 Å². The fourth-order valence-corrected chi connectivity index (χ4v) is 4.69. The van der Waals surface area contributed by atoms with E-state index in [0.29, 0.717) is 11.1 Å². The largest absolute Gasteiger partial charge is 0.507 e. The maximum atomic E-state index is 14.5. The number of nitrogens with one attached hydrogen (secondary N) is 1. The molecule has 188 valence electrons. The standard InChI is InChI=1S/C29H26FN3O4/c1-2-31-29(36)27-26(19-11-9-18(10-12-19)17-33-13-5-6-14-33)28(37-32-27)22-15-21(24(34)16-25(22)35)20-7-3-4-8-23(20)30/h2-4,7-12,15-16,34-35H,1,5-6,13-14,17H2,(H,31,36). The van der Waals surface area contributed by atoms with E-state index in [2.05, 4.69) is 22.0 Å². The number of rotatable bonds is 7. The van der Waals surface area contributed by atoms with E-state index >= 15 is 0 Å². The predicted molar refractivity (Wildman–Crippen MR) is 138 cm³/mol. The lowest BCUT2D eigenvalue weighted by atomic mass is 9.94. The van der Waals surface area contributed by atoms with Crippen molar-refractivity contribution in [3.63, 3.8) is 0 Å². The number of benzene rings is 3. The Morgan fingerprint density at radius 1 is 1.03 bits per heavy atom. The summed E-state index contributed by atoms with van der Waals surface area (Å²) in [5.41, 5.74) is 2.60. The minimum absolute atomic E-state index is 0.00195. The fourth-order valence-electron chi connectivity index (χ4n) is 4.69. The number of likely N-dealkylation sites (tertiary alicyclic amines) is 1. The number of phenols is 2. The lowest BCUT2D eigenvalue weighted by molar-refractivity contribution is 0.0962. The number of carbonyl (C=O) groups is 1. The number of carbonyl (C=O) groups excluding carboxylic acids is 1. The Bertz CT molecular complexity index is 1460. The molecular formula is C29H26FN3O4. The third-order valence-electron chi connectivity index (χ3n) is 6.51. The van der Waals surface area contributed by atoms with E-state index in [9.17, 15) is 19.4 Å². The molecule has 2 heterocycles. The van der Waals surface area contributed by atoms with Crippen molar-refractivity contribution in [2.45, 2.75) is 19.4 Å². The predicted octanol–water partition coefficient (Wildman–Crippen LogP) is 5.70. The van der Waals surface area contributed by atoms with Crippen LogP contribution >= 0.6 is 0 Å². The molecule has 0 bridgehead atoms. The van der Waals surface area contributed by atoms with Gasteiger partial charge in [-0.3, -0.25) is 9.69 Å². The fraction of sp³-hybridized carbons (Fsp3) is 0.172. The van der Waals surface area contributed by atoms with E-state index in [1.165, 1.54) is 37.2 Å². The summed E-state index contributed by atoms with van der Waals surface area (Å²) in [6.07, 6.45) is 3.65. The first-order chi connectivity index (χ1) is 18.0. The van der Waals surface area contributed by atoms with E-state index in [1.807, 2.05) is 24.3 Å². The van der Waals surface area contributed by atoms with Crippen LogP contribution in [0.3, 0.4) is 0 Å². The zero-order valence-electron chi connectivity index (χ0n) is 20.1. The number of amides is 1. The van der Waals surface area contributed by atoms with Crippen LogP contribution in [0.25, 0.3) is 33.6 Å². The van der Waals surface area contributed by atoms with Gasteiger partial charge in [0.15, 0.2) is 11.5 Å². The molecule has 0 radical (unpaired) electrons. The third kappa shape index (κ3) is 4.83. The lowest BCUT2D eigenvalue weighted by Gasteiger charge is -2.15. The van der Waals surface area contributed by atoms with E-state index in [1.54, 1.807) is 12.1 Å². The van der Waals surface area contributed by atoms with Crippen LogP contribution in [-0.4, -0.2) is 39.3 Å². The van der Waals surface area contributed by atoms with Gasteiger partial charge in [0, 0.05) is 23.7 Å². The van der Waals surface area contributed by atoms with Crippen LogP contribution in [0.5, 0.6) is 11.5 Å². The van der Waals surface area contributed by atoms with Crippen molar-refractivity contribution in [1.82, 2.24) is 15.4 Å². The molecule has 1 fully saturated rings. The van der Waals surface area contributed by atoms with E-state index < -0.39 is 11.7 Å². The van der Waals surface area contributed by atoms with Gasteiger partial charge in [0.2, 0.25) is 0 Å². The van der Waals surface area contributed by atoms with Crippen LogP contribution in [0.15, 0.2) is 78.0 Å². The maximum absolute atomic E-state index is 14.5. The molecule has 0 unspecified atom stereocenters. The summed E-state index contributed by atoms with van der Waals surface area (Å²) >= 11 is 0. The number of aromatic hydroxyl groups is 2. The number of hydrogen-bond donors (Lipinski definition) is 3. The van der Waals surface area contributed by atoms with Gasteiger partial charge in [-0.2, -0.15) is 0 Å². The first kappa shape index (κ1) is 24.3. The first-order valence-electron chi connectivity index (χ1n) is 12.0. The van der Waals surface area contributed by atoms with Gasteiger partial charge in [-0.05, 0) is 55.4 Å². The second-order valence-corrected chi connectivity index (χ2v) is 8.96. The molecular weight excluding hydrogens is 473 g/mol. The Hall–Kier alpha value is -4.43. The number of phenolic OH excluding ortho intramolecular Hbond substituents is 2. The molecule has 1 amide bonds. The van der Waals surface area contributed by atoms with Crippen molar-refractivity contribution in [1.29, 1.82) is 0 Å². The highest BCUT2D eigenvalue weighted by Crippen LogP contribution is 2.44. The molecule has 1 saturated heterocycles. The third-order valence-corrected chi connectivity index (χ3v) is 6.51. The SMILES string of the molecule is C=CNC(=O)c1noc(-c2cc(-c3ccccc3F)c(O)cc2O)c1-c1ccc(CN2CCCC2)cc1. The molecule has 0 aliphatic carbocycles. The molecule has 1 aromatic heterocycles. The van der Waals surface area contributed by atoms with Crippen molar-refractivity contribution < 1.29 is 23.9 Å². The first-order valence-corrected chi connectivity index (χ1v) is 12.0. The molecule has 0 atom stereocenters. The molecule has 7 nitrogen and oxygen atoms in total. The van der Waals surface area contributed by atoms with Gasteiger partial charge in [-0.25, -0.2) is 4.39 Å². The summed E-state index contributed by atoms with van der Waals surface area (Å²) in [6.45, 7) is 6.53. The minimum atomic E-state index is -0.535. The summed E-state index contributed by atoms with van der Waals surface area (Å²) in [6, 6.07) is 16.3. The molecule has 5 rings (SSSR count). The Morgan fingerprint density at radius 3 is 2.43 bits per heavy atom. The lowest BCUT2D eigenvalue weighted by Crippen LogP contribution is -2.18. The summed E-state index contributed by atoms with van der Waals surface area (Å²) < 4.78 is 20.1. The second kappa shape index (κ2) is 10.3. The Balaban J connectivity index is 1.62. The topological polar surface area (TPSA) is 98.8 Å². The zero-order valence-corrected chi connectivity index (χ0v) is 20.1. The van der Waals surface area contributed by atoms with Crippen LogP contribution in [0.4, 0.5) is 4.39 Å². The molecule has 0 saturated carbocycles. The van der Waals surface area contributed by atoms with Gasteiger partial charge in [0.1, 0.15) is 17.3 Å². The quantitative estimate of drug-likeness (QED) is 0.302. The summed E-state index contributed by atoms with van der Waals surface area (Å²) in [4.78, 5) is 15.2. The van der Waals surface area contributed by atoms with Gasteiger partial charge in [-0.1, -0.05) is 54.2 Å². The second-order valence-electron chi connectivity index (χ2n) is 8.96. The van der Waals surface area contributed by atoms with Gasteiger partial charge in [-0.15, -0.1) is 0 Å². The van der Waals surface area contributed by atoms with Crippen LogP contribution in [0, 0.1) is 5.82 Å². The molecule has 4 aromatic rings. The van der Waals surface area contributed by atoms with E-state index in [4.69, 9.17) is 4.52 Å². The molecule has 8 heteroatoms. The monoisotopic (exact) mass is 499 g/mol. The van der Waals surface area contributed by atoms with Crippen molar-refractivity contribution >= 4 is 5.91 Å². The zero-order chi connectivity index (χ0) is 25.9. The molecule has 3 N–H and O–H groups in total. The molecule has 1 aliphatic heterocycles. The van der Waals surface area contributed by atoms with Crippen LogP contribution in [0.2, 0.25) is 0 Å². The molecule has 3 aromatic carbocycles. The summed E-state index contributed by atoms with van der Waals surface area (Å²) in [5, 5.41) is 27.7. The van der Waals surface area contributed by atoms with E-state index in [0.717, 1.165) is 31.3 Å². The smallest absolute Gasteiger partial charge is 0.278 e. The van der Waals surface area contributed by atoms with Gasteiger partial charge in [0.25, 0.3) is 5.91 Å². The van der Waals surface area contributed by atoms with E-state index in [-0.39, 0.29) is 39.6 Å². The van der Waals surface area contributed by atoms with Crippen LogP contribution in [0.1, 0.15) is 28.9 Å². The minimum Gasteiger partial charge on any atom is -0.507 e. The Kier molecular flexibility index (Phi) is 6.74. The average Bonchev–Trinajstić information content (AvgIpc) is 3.56. The molecule has 37 heavy (non-hydrogen) atoms. The van der Waals surface area contributed by atoms with Crippen molar-refractivity contribution in [2.24, 2.45) is 0 Å². The molecule has 1 aliphatic rings. The van der Waals surface area contributed by atoms with Gasteiger partial charge < -0.3 is 20.1 Å². The highest BCUT2D eigenvalue weighted by Gasteiger charge is 2.27. The van der Waals surface area contributed by atoms with Gasteiger partial charge in [0.05, 0.1) is 11.1 Å². The molecule has 0 spiro atoms. The Morgan fingerprint density at radius 2 is 1.73 bits per heavy atom. The van der Waals surface area contributed by atoms with Gasteiger partial charge >= 0.3 is 0 Å². The summed E-state index contributed by atoms with van der Waals surface area (Å²) in [7, 11) is 0. The normalized spacial score (nSPS) is 13.5. The number of nitrogens with zero attached hydrogens (tertiary/aromatic N) is 2. The van der Waals surface area contributed by atoms with Crippen molar-refractivity contribution in [3.8, 4) is 45.1 Å². The van der Waals surface area contributed by atoms with Crippen molar-refractivity contribution in [2.75, 3.05) is 13.1 Å². The highest BCUT2D eigenvalue weighted by molar-refractivity contribution is 6.03. The number of aromatic nitrogens is 1. The maximum Gasteiger partial charge on any atom is 0.278 e. The Labute approximate surface area is 213 Å². The van der Waals surface area contributed by atoms with Crippen LogP contribution < -0.4 is 5.32 Å². The average molecular weight is 500 g/mol. The number of halogens is 1. The number of hydrogen-bond acceptors (Lipinski definition) is 6. The van der Waals surface area contributed by atoms with Crippen LogP contribution in [-0.2, 0) is 6.54 Å². The highest BCUT2D eigenvalue weighted by atomic mass is 19.1.